The van der Waals surface area contributed by atoms with Gasteiger partial charge in [0.05, 0.1) is 17.8 Å². The largest absolute Gasteiger partial charge is 0.481 e. The summed E-state index contributed by atoms with van der Waals surface area (Å²) >= 11 is 0. The van der Waals surface area contributed by atoms with Crippen molar-refractivity contribution < 1.29 is 9.53 Å². The number of hydrogen-bond donors (Lipinski definition) is 1. The minimum Gasteiger partial charge on any atom is -0.481 e. The maximum atomic E-state index is 12.0. The maximum absolute atomic E-state index is 12.0. The van der Waals surface area contributed by atoms with Gasteiger partial charge < -0.3 is 4.74 Å². The molecule has 0 aliphatic rings. The molecular weight excluding hydrogens is 314 g/mol. The van der Waals surface area contributed by atoms with E-state index in [1.165, 1.54) is 0 Å². The van der Waals surface area contributed by atoms with Gasteiger partial charge in [-0.3, -0.25) is 4.79 Å². The monoisotopic (exact) mass is 333 g/mol. The topological polar surface area (TPSA) is 74.5 Å². The Bertz CT molecular complexity index is 803. The van der Waals surface area contributed by atoms with Crippen LogP contribution in [0, 0.1) is 11.3 Å². The molecule has 0 bridgehead atoms. The zero-order valence-electron chi connectivity index (χ0n) is 14.1. The standard InChI is InChI=1S/C20H19N3O2/c1-15(12-17-6-4-3-5-7-17)14-22-23-20(24)16(2)25-19-10-8-18(13-21)9-11-19/h3-12,14,16H,1-2H3,(H,23,24)/b15-12+,22-14?/t16-/m1/s1. The highest BCUT2D eigenvalue weighted by atomic mass is 16.5. The van der Waals surface area contributed by atoms with Crippen molar-refractivity contribution in [1.29, 1.82) is 5.26 Å². The number of carbonyl (C=O) groups is 1. The van der Waals surface area contributed by atoms with Gasteiger partial charge in [0, 0.05) is 0 Å². The summed E-state index contributed by atoms with van der Waals surface area (Å²) in [4.78, 5) is 12.0. The van der Waals surface area contributed by atoms with Crippen LogP contribution in [-0.4, -0.2) is 18.2 Å². The lowest BCUT2D eigenvalue weighted by molar-refractivity contribution is -0.127. The average Bonchev–Trinajstić information content (AvgIpc) is 2.63. The van der Waals surface area contributed by atoms with Gasteiger partial charge >= 0.3 is 0 Å². The van der Waals surface area contributed by atoms with Crippen molar-refractivity contribution in [2.75, 3.05) is 0 Å². The van der Waals surface area contributed by atoms with E-state index in [-0.39, 0.29) is 5.91 Å². The molecular formula is C20H19N3O2. The molecule has 0 saturated heterocycles. The van der Waals surface area contributed by atoms with Gasteiger partial charge in [0.15, 0.2) is 6.10 Å². The fourth-order valence-electron chi connectivity index (χ4n) is 2.00. The molecule has 1 amide bonds. The van der Waals surface area contributed by atoms with Crippen molar-refractivity contribution >= 4 is 18.2 Å². The Morgan fingerprint density at radius 1 is 1.20 bits per heavy atom. The average molecular weight is 333 g/mol. The lowest BCUT2D eigenvalue weighted by Gasteiger charge is -2.12. The number of nitrogens with zero attached hydrogens (tertiary/aromatic N) is 2. The Hall–Kier alpha value is -3.39. The molecule has 0 radical (unpaired) electrons. The van der Waals surface area contributed by atoms with Gasteiger partial charge in [-0.05, 0) is 49.2 Å². The van der Waals surface area contributed by atoms with E-state index in [4.69, 9.17) is 10.00 Å². The van der Waals surface area contributed by atoms with Crippen LogP contribution in [0.15, 0.2) is 65.3 Å². The van der Waals surface area contributed by atoms with E-state index >= 15 is 0 Å². The van der Waals surface area contributed by atoms with Crippen LogP contribution < -0.4 is 10.2 Å². The minimum absolute atomic E-state index is 0.354. The normalized spacial score (nSPS) is 12.4. The molecule has 0 fully saturated rings. The molecule has 1 N–H and O–H groups in total. The summed E-state index contributed by atoms with van der Waals surface area (Å²) in [5.74, 6) is 0.166. The smallest absolute Gasteiger partial charge is 0.280 e. The first-order valence-corrected chi connectivity index (χ1v) is 7.81. The first kappa shape index (κ1) is 18.0. The second kappa shape index (κ2) is 9.04. The number of carbonyl (C=O) groups excluding carboxylic acids is 1. The van der Waals surface area contributed by atoms with Gasteiger partial charge in [0.2, 0.25) is 0 Å². The number of hydrazone groups is 1. The number of nitrogens with one attached hydrogen (secondary N) is 1. The van der Waals surface area contributed by atoms with E-state index in [9.17, 15) is 4.79 Å². The molecule has 5 nitrogen and oxygen atoms in total. The van der Waals surface area contributed by atoms with Crippen LogP contribution in [0.1, 0.15) is 25.0 Å². The Morgan fingerprint density at radius 3 is 2.52 bits per heavy atom. The quantitative estimate of drug-likeness (QED) is 0.649. The molecule has 0 saturated carbocycles. The van der Waals surface area contributed by atoms with Crippen molar-refractivity contribution in [3.8, 4) is 11.8 Å². The molecule has 0 aromatic heterocycles. The number of rotatable bonds is 6. The van der Waals surface area contributed by atoms with Gasteiger partial charge in [0.1, 0.15) is 5.75 Å². The molecule has 2 rings (SSSR count). The number of allylic oxidation sites excluding steroid dienone is 1. The fraction of sp³-hybridized carbons (Fsp3) is 0.150. The van der Waals surface area contributed by atoms with Gasteiger partial charge in [-0.2, -0.15) is 10.4 Å². The summed E-state index contributed by atoms with van der Waals surface area (Å²) in [6.45, 7) is 3.54. The second-order valence-corrected chi connectivity index (χ2v) is 5.43. The minimum atomic E-state index is -0.705. The highest BCUT2D eigenvalue weighted by Crippen LogP contribution is 2.13. The molecule has 0 spiro atoms. The Balaban J connectivity index is 1.86. The molecule has 126 valence electrons. The zero-order chi connectivity index (χ0) is 18.1. The third-order valence-electron chi connectivity index (χ3n) is 3.30. The third-order valence-corrected chi connectivity index (χ3v) is 3.30. The number of amides is 1. The summed E-state index contributed by atoms with van der Waals surface area (Å²) in [7, 11) is 0. The predicted octanol–water partition coefficient (Wildman–Crippen LogP) is 3.53. The highest BCUT2D eigenvalue weighted by molar-refractivity contribution is 5.87. The van der Waals surface area contributed by atoms with E-state index in [0.29, 0.717) is 11.3 Å². The van der Waals surface area contributed by atoms with Crippen LogP contribution >= 0.6 is 0 Å². The molecule has 0 heterocycles. The van der Waals surface area contributed by atoms with Crippen molar-refractivity contribution in [3.63, 3.8) is 0 Å². The van der Waals surface area contributed by atoms with Crippen LogP contribution in [0.25, 0.3) is 6.08 Å². The van der Waals surface area contributed by atoms with Gasteiger partial charge in [-0.25, -0.2) is 5.43 Å². The molecule has 2 aromatic carbocycles. The van der Waals surface area contributed by atoms with Crippen LogP contribution in [0.5, 0.6) is 5.75 Å². The van der Waals surface area contributed by atoms with E-state index in [1.807, 2.05) is 49.4 Å². The van der Waals surface area contributed by atoms with Crippen molar-refractivity contribution in [2.45, 2.75) is 20.0 Å². The van der Waals surface area contributed by atoms with E-state index in [2.05, 4.69) is 10.5 Å². The summed E-state index contributed by atoms with van der Waals surface area (Å²) in [6, 6.07) is 18.4. The summed E-state index contributed by atoms with van der Waals surface area (Å²) in [5.41, 5.74) is 4.97. The molecule has 0 aliphatic carbocycles. The molecule has 0 unspecified atom stereocenters. The van der Waals surface area contributed by atoms with Crippen molar-refractivity contribution in [3.05, 3.63) is 71.3 Å². The molecule has 2 aromatic rings. The fourth-order valence-corrected chi connectivity index (χ4v) is 2.00. The Morgan fingerprint density at radius 2 is 1.88 bits per heavy atom. The molecule has 0 aliphatic heterocycles. The highest BCUT2D eigenvalue weighted by Gasteiger charge is 2.13. The number of ether oxygens (including phenoxy) is 1. The first-order valence-electron chi connectivity index (χ1n) is 7.81. The van der Waals surface area contributed by atoms with Crippen LogP contribution in [0.3, 0.4) is 0 Å². The van der Waals surface area contributed by atoms with Gasteiger partial charge in [0.25, 0.3) is 5.91 Å². The third kappa shape index (κ3) is 5.96. The van der Waals surface area contributed by atoms with Crippen LogP contribution in [-0.2, 0) is 4.79 Å². The molecule has 25 heavy (non-hydrogen) atoms. The van der Waals surface area contributed by atoms with Crippen LogP contribution in [0.4, 0.5) is 0 Å². The predicted molar refractivity (Wildman–Crippen MR) is 98.0 cm³/mol. The first-order chi connectivity index (χ1) is 12.1. The van der Waals surface area contributed by atoms with E-state index in [0.717, 1.165) is 11.1 Å². The molecule has 1 atom stereocenters. The summed E-state index contributed by atoms with van der Waals surface area (Å²) in [6.07, 6.45) is 2.84. The van der Waals surface area contributed by atoms with E-state index in [1.54, 1.807) is 37.4 Å². The number of hydrogen-bond acceptors (Lipinski definition) is 4. The van der Waals surface area contributed by atoms with Gasteiger partial charge in [-0.1, -0.05) is 36.4 Å². The number of nitriles is 1. The Kier molecular flexibility index (Phi) is 6.49. The zero-order valence-corrected chi connectivity index (χ0v) is 14.1. The molecule has 5 heteroatoms. The SMILES string of the molecule is C/C(C=NNC(=O)[C@@H](C)Oc1ccc(C#N)cc1)=C\c1ccccc1. The van der Waals surface area contributed by atoms with E-state index < -0.39 is 6.10 Å². The maximum Gasteiger partial charge on any atom is 0.280 e. The van der Waals surface area contributed by atoms with Crippen molar-refractivity contribution in [1.82, 2.24) is 5.43 Å². The van der Waals surface area contributed by atoms with Crippen LogP contribution in [0.2, 0.25) is 0 Å². The second-order valence-electron chi connectivity index (χ2n) is 5.43. The Labute approximate surface area is 147 Å². The number of benzene rings is 2. The summed E-state index contributed by atoms with van der Waals surface area (Å²) in [5, 5.41) is 12.7. The van der Waals surface area contributed by atoms with Crippen molar-refractivity contribution in [2.24, 2.45) is 5.10 Å². The lowest BCUT2D eigenvalue weighted by Crippen LogP contribution is -2.33. The summed E-state index contributed by atoms with van der Waals surface area (Å²) < 4.78 is 5.52. The van der Waals surface area contributed by atoms with Gasteiger partial charge in [-0.15, -0.1) is 0 Å². The lowest BCUT2D eigenvalue weighted by atomic mass is 10.1.